The molecule has 1 N–H and O–H groups in total. The molecular formula is C16H19FN2O2. The van der Waals surface area contributed by atoms with Crippen LogP contribution in [0.4, 0.5) is 10.1 Å². The Kier molecular flexibility index (Phi) is 4.40. The van der Waals surface area contributed by atoms with Crippen molar-refractivity contribution >= 4 is 17.7 Å². The quantitative estimate of drug-likeness (QED) is 0.846. The van der Waals surface area contributed by atoms with Crippen LogP contribution in [-0.2, 0) is 4.79 Å². The molecular weight excluding hydrogens is 271 g/mol. The third-order valence-electron chi connectivity index (χ3n) is 3.45. The van der Waals surface area contributed by atoms with Crippen molar-refractivity contribution in [2.45, 2.75) is 25.4 Å². The summed E-state index contributed by atoms with van der Waals surface area (Å²) in [5.41, 5.74) is 0.257. The molecule has 1 aromatic heterocycles. The predicted octanol–water partition coefficient (Wildman–Crippen LogP) is 3.37. The van der Waals surface area contributed by atoms with Crippen molar-refractivity contribution in [3.63, 3.8) is 0 Å². The lowest BCUT2D eigenvalue weighted by Crippen LogP contribution is -2.35. The largest absolute Gasteiger partial charge is 0.481 e. The maximum atomic E-state index is 13.4. The van der Waals surface area contributed by atoms with Crippen LogP contribution in [0.2, 0.25) is 0 Å². The monoisotopic (exact) mass is 290 g/mol. The fourth-order valence-corrected chi connectivity index (χ4v) is 2.43. The van der Waals surface area contributed by atoms with Crippen molar-refractivity contribution in [2.24, 2.45) is 5.92 Å². The highest BCUT2D eigenvalue weighted by molar-refractivity contribution is 5.98. The summed E-state index contributed by atoms with van der Waals surface area (Å²) in [5, 5.41) is 2.64. The van der Waals surface area contributed by atoms with Gasteiger partial charge in [-0.1, -0.05) is 18.7 Å². The van der Waals surface area contributed by atoms with Crippen LogP contribution in [0.15, 0.2) is 31.0 Å². The lowest BCUT2D eigenvalue weighted by Gasteiger charge is -2.36. The third-order valence-corrected chi connectivity index (χ3v) is 3.45. The van der Waals surface area contributed by atoms with Gasteiger partial charge in [-0.25, -0.2) is 9.37 Å². The van der Waals surface area contributed by atoms with Crippen molar-refractivity contribution in [3.05, 3.63) is 36.6 Å². The first-order valence-electron chi connectivity index (χ1n) is 6.78. The van der Waals surface area contributed by atoms with E-state index in [1.807, 2.05) is 12.2 Å². The molecule has 21 heavy (non-hydrogen) atoms. The molecule has 1 aromatic rings. The number of aromatic nitrogens is 1. The fraction of sp³-hybridized carbons (Fsp3) is 0.375. The van der Waals surface area contributed by atoms with E-state index in [2.05, 4.69) is 16.9 Å². The van der Waals surface area contributed by atoms with Gasteiger partial charge in [0, 0.05) is 5.56 Å². The first kappa shape index (κ1) is 15.2. The van der Waals surface area contributed by atoms with Crippen LogP contribution < -0.4 is 10.1 Å². The van der Waals surface area contributed by atoms with Crippen molar-refractivity contribution in [3.8, 4) is 5.88 Å². The average molecular weight is 290 g/mol. The van der Waals surface area contributed by atoms with Crippen LogP contribution in [0.3, 0.4) is 0 Å². The number of alkyl halides is 1. The van der Waals surface area contributed by atoms with Gasteiger partial charge >= 0.3 is 0 Å². The first-order chi connectivity index (χ1) is 9.93. The van der Waals surface area contributed by atoms with Crippen molar-refractivity contribution < 1.29 is 13.9 Å². The van der Waals surface area contributed by atoms with Gasteiger partial charge in [-0.15, -0.1) is 0 Å². The molecule has 0 radical (unpaired) electrons. The topological polar surface area (TPSA) is 51.2 Å². The third kappa shape index (κ3) is 3.90. The predicted molar refractivity (Wildman–Crippen MR) is 80.9 cm³/mol. The van der Waals surface area contributed by atoms with Gasteiger partial charge in [0.05, 0.1) is 19.0 Å². The molecule has 0 unspecified atom stereocenters. The smallest absolute Gasteiger partial charge is 0.247 e. The van der Waals surface area contributed by atoms with Gasteiger partial charge in [-0.05, 0) is 37.8 Å². The zero-order chi connectivity index (χ0) is 15.5. The van der Waals surface area contributed by atoms with Crippen LogP contribution in [0.25, 0.3) is 6.08 Å². The molecule has 112 valence electrons. The summed E-state index contributed by atoms with van der Waals surface area (Å²) in [7, 11) is 1.53. The molecule has 1 saturated carbocycles. The van der Waals surface area contributed by atoms with Gasteiger partial charge in [0.15, 0.2) is 0 Å². The Hall–Kier alpha value is -2.17. The number of halogens is 1. The Labute approximate surface area is 123 Å². The maximum absolute atomic E-state index is 13.4. The first-order valence-corrected chi connectivity index (χ1v) is 6.78. The summed E-state index contributed by atoms with van der Waals surface area (Å²) in [6.07, 6.45) is 7.59. The minimum atomic E-state index is -1.04. The molecule has 1 aliphatic carbocycles. The molecule has 0 atom stereocenters. The van der Waals surface area contributed by atoms with Gasteiger partial charge in [-0.2, -0.15) is 0 Å². The molecule has 2 rings (SSSR count). The second-order valence-corrected chi connectivity index (χ2v) is 5.46. The zero-order valence-electron chi connectivity index (χ0n) is 12.2. The number of anilines is 1. The number of nitrogens with zero attached hydrogens (tertiary/aromatic N) is 1. The molecule has 0 aromatic carbocycles. The SMILES string of the molecule is C=CC(=O)Nc1cnc(OC)c(/C=C/C2CC(C)(F)C2)c1. The van der Waals surface area contributed by atoms with Crippen molar-refractivity contribution in [2.75, 3.05) is 12.4 Å². The molecule has 0 aliphatic heterocycles. The maximum Gasteiger partial charge on any atom is 0.247 e. The number of pyridine rings is 1. The number of rotatable bonds is 5. The molecule has 4 nitrogen and oxygen atoms in total. The molecule has 1 aliphatic rings. The van der Waals surface area contributed by atoms with E-state index in [1.54, 1.807) is 13.0 Å². The Morgan fingerprint density at radius 3 is 2.90 bits per heavy atom. The number of amides is 1. The van der Waals surface area contributed by atoms with Gasteiger partial charge in [0.1, 0.15) is 5.67 Å². The standard InChI is InChI=1S/C16H19FN2O2/c1-4-14(20)19-13-7-12(15(21-3)18-10-13)6-5-11-8-16(2,17)9-11/h4-7,10-11H,1,8-9H2,2-3H3,(H,19,20)/b6-5+. The number of methoxy groups -OCH3 is 1. The highest BCUT2D eigenvalue weighted by atomic mass is 19.1. The molecule has 0 saturated heterocycles. The minimum Gasteiger partial charge on any atom is -0.481 e. The number of hydrogen-bond donors (Lipinski definition) is 1. The van der Waals surface area contributed by atoms with E-state index in [9.17, 15) is 9.18 Å². The number of ether oxygens (including phenoxy) is 1. The van der Waals surface area contributed by atoms with Gasteiger partial charge in [-0.3, -0.25) is 4.79 Å². The van der Waals surface area contributed by atoms with Crippen molar-refractivity contribution in [1.82, 2.24) is 4.98 Å². The number of carbonyl (C=O) groups is 1. The minimum absolute atomic E-state index is 0.233. The summed E-state index contributed by atoms with van der Waals surface area (Å²) in [4.78, 5) is 15.4. The molecule has 1 fully saturated rings. The Balaban J connectivity index is 2.12. The van der Waals surface area contributed by atoms with E-state index in [0.29, 0.717) is 24.4 Å². The van der Waals surface area contributed by atoms with E-state index in [4.69, 9.17) is 4.74 Å². The van der Waals surface area contributed by atoms with E-state index in [1.165, 1.54) is 19.4 Å². The van der Waals surface area contributed by atoms with E-state index in [-0.39, 0.29) is 11.8 Å². The van der Waals surface area contributed by atoms with Gasteiger partial charge in [0.25, 0.3) is 0 Å². The second kappa shape index (κ2) is 6.08. The van der Waals surface area contributed by atoms with Crippen LogP contribution in [0.1, 0.15) is 25.3 Å². The molecule has 1 amide bonds. The highest BCUT2D eigenvalue weighted by Gasteiger charge is 2.38. The van der Waals surface area contributed by atoms with Crippen LogP contribution in [0.5, 0.6) is 5.88 Å². The Bertz CT molecular complexity index is 574. The summed E-state index contributed by atoms with van der Waals surface area (Å²) in [6, 6.07) is 1.76. The normalized spacial score (nSPS) is 24.4. The van der Waals surface area contributed by atoms with Gasteiger partial charge in [0.2, 0.25) is 11.8 Å². The number of carbonyl (C=O) groups excluding carboxylic acids is 1. The zero-order valence-corrected chi connectivity index (χ0v) is 12.2. The lowest BCUT2D eigenvalue weighted by atomic mass is 9.73. The summed E-state index contributed by atoms with van der Waals surface area (Å²) >= 11 is 0. The summed E-state index contributed by atoms with van der Waals surface area (Å²) in [6.45, 7) is 5.01. The summed E-state index contributed by atoms with van der Waals surface area (Å²) in [5.74, 6) is 0.394. The van der Waals surface area contributed by atoms with Crippen molar-refractivity contribution in [1.29, 1.82) is 0 Å². The van der Waals surface area contributed by atoms with E-state index < -0.39 is 5.67 Å². The number of allylic oxidation sites excluding steroid dienone is 1. The Morgan fingerprint density at radius 1 is 1.62 bits per heavy atom. The molecule has 1 heterocycles. The fourth-order valence-electron chi connectivity index (χ4n) is 2.43. The Morgan fingerprint density at radius 2 is 2.33 bits per heavy atom. The van der Waals surface area contributed by atoms with Crippen LogP contribution in [-0.4, -0.2) is 23.7 Å². The molecule has 0 bridgehead atoms. The van der Waals surface area contributed by atoms with E-state index in [0.717, 1.165) is 5.56 Å². The number of hydrogen-bond acceptors (Lipinski definition) is 3. The second-order valence-electron chi connectivity index (χ2n) is 5.46. The number of nitrogens with one attached hydrogen (secondary N) is 1. The molecule has 0 spiro atoms. The van der Waals surface area contributed by atoms with E-state index >= 15 is 0 Å². The highest BCUT2D eigenvalue weighted by Crippen LogP contribution is 2.41. The summed E-state index contributed by atoms with van der Waals surface area (Å²) < 4.78 is 18.6. The average Bonchev–Trinajstić information content (AvgIpc) is 2.42. The van der Waals surface area contributed by atoms with Gasteiger partial charge < -0.3 is 10.1 Å². The van der Waals surface area contributed by atoms with Crippen LogP contribution in [0, 0.1) is 5.92 Å². The lowest BCUT2D eigenvalue weighted by molar-refractivity contribution is -0.111. The molecule has 5 heteroatoms. The van der Waals surface area contributed by atoms with Crippen LogP contribution >= 0.6 is 0 Å².